The van der Waals surface area contributed by atoms with Crippen LogP contribution in [0.3, 0.4) is 0 Å². The molecule has 0 fully saturated rings. The third-order valence-corrected chi connectivity index (χ3v) is 3.55. The molecule has 1 aliphatic heterocycles. The van der Waals surface area contributed by atoms with Gasteiger partial charge in [0, 0.05) is 23.3 Å². The SMILES string of the molecule is O=C(O)/C(=C/c1cccc2c1OCO2)NC(=O)c1ccc([N+](=O)[O-])cc1. The number of carbonyl (C=O) groups excluding carboxylic acids is 1. The van der Waals surface area contributed by atoms with E-state index in [0.29, 0.717) is 17.1 Å². The minimum atomic E-state index is -1.35. The molecule has 1 aliphatic rings. The fourth-order valence-electron chi connectivity index (χ4n) is 2.30. The number of rotatable bonds is 5. The first-order valence-corrected chi connectivity index (χ1v) is 7.35. The van der Waals surface area contributed by atoms with Crippen LogP contribution in [0, 0.1) is 10.1 Å². The Kier molecular flexibility index (Phi) is 4.52. The lowest BCUT2D eigenvalue weighted by molar-refractivity contribution is -0.384. The van der Waals surface area contributed by atoms with Crippen LogP contribution >= 0.6 is 0 Å². The Morgan fingerprint density at radius 1 is 1.15 bits per heavy atom. The summed E-state index contributed by atoms with van der Waals surface area (Å²) in [6.45, 7) is 0.0255. The molecule has 0 spiro atoms. The van der Waals surface area contributed by atoms with E-state index in [4.69, 9.17) is 9.47 Å². The number of carboxylic acids is 1. The highest BCUT2D eigenvalue weighted by atomic mass is 16.7. The molecule has 0 saturated carbocycles. The predicted octanol–water partition coefficient (Wildman–Crippen LogP) is 2.18. The molecular formula is C17H12N2O7. The van der Waals surface area contributed by atoms with Crippen molar-refractivity contribution >= 4 is 23.6 Å². The van der Waals surface area contributed by atoms with Crippen LogP contribution in [0.2, 0.25) is 0 Å². The second kappa shape index (κ2) is 6.93. The monoisotopic (exact) mass is 356 g/mol. The van der Waals surface area contributed by atoms with Crippen molar-refractivity contribution in [2.24, 2.45) is 0 Å². The van der Waals surface area contributed by atoms with E-state index in [1.165, 1.54) is 18.2 Å². The summed E-state index contributed by atoms with van der Waals surface area (Å²) in [5, 5.41) is 22.3. The molecule has 2 aromatic rings. The van der Waals surface area contributed by atoms with Gasteiger partial charge in [-0.3, -0.25) is 14.9 Å². The molecule has 0 bridgehead atoms. The van der Waals surface area contributed by atoms with Crippen molar-refractivity contribution in [2.45, 2.75) is 0 Å². The number of carbonyl (C=O) groups is 2. The number of ether oxygens (including phenoxy) is 2. The summed E-state index contributed by atoms with van der Waals surface area (Å²) in [6, 6.07) is 9.76. The van der Waals surface area contributed by atoms with Crippen molar-refractivity contribution in [1.29, 1.82) is 0 Å². The Morgan fingerprint density at radius 3 is 2.54 bits per heavy atom. The summed E-state index contributed by atoms with van der Waals surface area (Å²) in [5.41, 5.74) is -0.0353. The van der Waals surface area contributed by atoms with E-state index in [9.17, 15) is 24.8 Å². The van der Waals surface area contributed by atoms with E-state index in [1.54, 1.807) is 18.2 Å². The number of para-hydroxylation sites is 1. The number of nitrogens with zero attached hydrogens (tertiary/aromatic N) is 1. The topological polar surface area (TPSA) is 128 Å². The Labute approximate surface area is 146 Å². The molecule has 26 heavy (non-hydrogen) atoms. The summed E-state index contributed by atoms with van der Waals surface area (Å²) in [7, 11) is 0. The zero-order valence-electron chi connectivity index (χ0n) is 13.2. The zero-order valence-corrected chi connectivity index (χ0v) is 13.2. The minimum Gasteiger partial charge on any atom is -0.477 e. The summed E-state index contributed by atoms with van der Waals surface area (Å²) in [6.07, 6.45) is 1.25. The summed E-state index contributed by atoms with van der Waals surface area (Å²) in [5.74, 6) is -1.20. The Hall–Kier alpha value is -3.88. The fourth-order valence-corrected chi connectivity index (χ4v) is 2.30. The molecule has 9 heteroatoms. The molecule has 3 rings (SSSR count). The number of benzene rings is 2. The number of hydrogen-bond acceptors (Lipinski definition) is 6. The van der Waals surface area contributed by atoms with Gasteiger partial charge in [0.2, 0.25) is 6.79 Å². The number of nitro benzene ring substituents is 1. The van der Waals surface area contributed by atoms with Gasteiger partial charge < -0.3 is 19.9 Å². The number of aliphatic carboxylic acids is 1. The van der Waals surface area contributed by atoms with Crippen LogP contribution in [0.25, 0.3) is 6.08 Å². The van der Waals surface area contributed by atoms with Crippen molar-refractivity contribution in [3.63, 3.8) is 0 Å². The number of amides is 1. The molecule has 0 atom stereocenters. The molecule has 0 aliphatic carbocycles. The fraction of sp³-hybridized carbons (Fsp3) is 0.0588. The molecule has 9 nitrogen and oxygen atoms in total. The quantitative estimate of drug-likeness (QED) is 0.477. The molecular weight excluding hydrogens is 344 g/mol. The third-order valence-electron chi connectivity index (χ3n) is 3.55. The Bertz CT molecular complexity index is 919. The molecule has 0 unspecified atom stereocenters. The highest BCUT2D eigenvalue weighted by molar-refractivity contribution is 6.03. The van der Waals surface area contributed by atoms with Gasteiger partial charge in [-0.2, -0.15) is 0 Å². The number of carboxylic acid groups (broad SMARTS) is 1. The average molecular weight is 356 g/mol. The van der Waals surface area contributed by atoms with Crippen LogP contribution in [0.1, 0.15) is 15.9 Å². The molecule has 2 aromatic carbocycles. The number of nitrogens with one attached hydrogen (secondary N) is 1. The Balaban J connectivity index is 1.85. The van der Waals surface area contributed by atoms with E-state index in [2.05, 4.69) is 5.32 Å². The Morgan fingerprint density at radius 2 is 1.88 bits per heavy atom. The van der Waals surface area contributed by atoms with Crippen LogP contribution in [0.4, 0.5) is 5.69 Å². The van der Waals surface area contributed by atoms with E-state index in [1.807, 2.05) is 0 Å². The maximum Gasteiger partial charge on any atom is 0.352 e. The van der Waals surface area contributed by atoms with E-state index in [-0.39, 0.29) is 23.7 Å². The largest absolute Gasteiger partial charge is 0.477 e. The van der Waals surface area contributed by atoms with Crippen molar-refractivity contribution in [1.82, 2.24) is 5.32 Å². The third kappa shape index (κ3) is 3.46. The highest BCUT2D eigenvalue weighted by Crippen LogP contribution is 2.36. The van der Waals surface area contributed by atoms with E-state index >= 15 is 0 Å². The van der Waals surface area contributed by atoms with Crippen molar-refractivity contribution in [2.75, 3.05) is 6.79 Å². The van der Waals surface area contributed by atoms with Crippen LogP contribution in [-0.4, -0.2) is 28.7 Å². The van der Waals surface area contributed by atoms with Crippen molar-refractivity contribution in [3.8, 4) is 11.5 Å². The lowest BCUT2D eigenvalue weighted by atomic mass is 10.1. The maximum absolute atomic E-state index is 12.2. The second-order valence-electron chi connectivity index (χ2n) is 5.20. The molecule has 2 N–H and O–H groups in total. The van der Waals surface area contributed by atoms with Crippen molar-refractivity contribution in [3.05, 3.63) is 69.4 Å². The first kappa shape index (κ1) is 17.0. The highest BCUT2D eigenvalue weighted by Gasteiger charge is 2.19. The van der Waals surface area contributed by atoms with Gasteiger partial charge in [-0.25, -0.2) is 4.79 Å². The lowest BCUT2D eigenvalue weighted by Gasteiger charge is -2.07. The van der Waals surface area contributed by atoms with E-state index < -0.39 is 16.8 Å². The maximum atomic E-state index is 12.2. The van der Waals surface area contributed by atoms with Gasteiger partial charge in [0.05, 0.1) is 4.92 Å². The van der Waals surface area contributed by atoms with Crippen LogP contribution in [0.5, 0.6) is 11.5 Å². The average Bonchev–Trinajstić information content (AvgIpc) is 3.10. The smallest absolute Gasteiger partial charge is 0.352 e. The summed E-state index contributed by atoms with van der Waals surface area (Å²) >= 11 is 0. The van der Waals surface area contributed by atoms with Gasteiger partial charge in [-0.05, 0) is 24.3 Å². The predicted molar refractivity (Wildman–Crippen MR) is 88.7 cm³/mol. The van der Waals surface area contributed by atoms with Gasteiger partial charge in [-0.15, -0.1) is 0 Å². The number of nitro groups is 1. The van der Waals surface area contributed by atoms with Crippen LogP contribution in [-0.2, 0) is 4.79 Å². The summed E-state index contributed by atoms with van der Waals surface area (Å²) in [4.78, 5) is 33.7. The lowest BCUT2D eigenvalue weighted by Crippen LogP contribution is -2.27. The normalized spacial score (nSPS) is 12.5. The van der Waals surface area contributed by atoms with Crippen LogP contribution < -0.4 is 14.8 Å². The van der Waals surface area contributed by atoms with Gasteiger partial charge in [0.25, 0.3) is 11.6 Å². The van der Waals surface area contributed by atoms with Gasteiger partial charge in [0.15, 0.2) is 11.5 Å². The van der Waals surface area contributed by atoms with Gasteiger partial charge in [0.1, 0.15) is 5.70 Å². The molecule has 1 amide bonds. The van der Waals surface area contributed by atoms with E-state index in [0.717, 1.165) is 12.1 Å². The molecule has 0 saturated heterocycles. The van der Waals surface area contributed by atoms with Crippen molar-refractivity contribution < 1.29 is 29.1 Å². The standard InChI is InChI=1S/C17H12N2O7/c20-16(10-4-6-12(7-5-10)19(23)24)18-13(17(21)22)8-11-2-1-3-14-15(11)26-9-25-14/h1-8H,9H2,(H,18,20)(H,21,22)/b13-8-. The molecule has 132 valence electrons. The van der Waals surface area contributed by atoms with Gasteiger partial charge >= 0.3 is 5.97 Å². The first-order chi connectivity index (χ1) is 12.5. The number of hydrogen-bond donors (Lipinski definition) is 2. The minimum absolute atomic E-state index is 0.0255. The first-order valence-electron chi connectivity index (χ1n) is 7.35. The second-order valence-corrected chi connectivity index (χ2v) is 5.20. The van der Waals surface area contributed by atoms with Gasteiger partial charge in [-0.1, -0.05) is 12.1 Å². The molecule has 0 aromatic heterocycles. The zero-order chi connectivity index (χ0) is 18.7. The summed E-state index contributed by atoms with van der Waals surface area (Å²) < 4.78 is 10.5. The van der Waals surface area contributed by atoms with Crippen LogP contribution in [0.15, 0.2) is 48.2 Å². The number of fused-ring (bicyclic) bond motifs is 1. The number of non-ortho nitro benzene ring substituents is 1. The molecule has 1 heterocycles. The molecule has 0 radical (unpaired) electrons.